The lowest BCUT2D eigenvalue weighted by molar-refractivity contribution is -0.119. The minimum Gasteiger partial charge on any atom is -0.444 e. The summed E-state index contributed by atoms with van der Waals surface area (Å²) < 4.78 is 28.2. The number of hydrogen-bond acceptors (Lipinski definition) is 6. The molecule has 0 fully saturated rings. The molecule has 29 heavy (non-hydrogen) atoms. The summed E-state index contributed by atoms with van der Waals surface area (Å²) in [4.78, 5) is 26.3. The number of ether oxygens (including phenoxy) is 1. The van der Waals surface area contributed by atoms with Crippen LogP contribution in [0, 0.1) is 5.92 Å². The zero-order chi connectivity index (χ0) is 21.6. The monoisotopic (exact) mass is 419 g/mol. The normalized spacial score (nSPS) is 12.4. The predicted octanol–water partition coefficient (Wildman–Crippen LogP) is 2.38. The molecule has 2 rings (SSSR count). The standard InChI is InChI=1S/C20H25N3O5S/c1-14(2)12-18(21)19(24)23(16-8-10-17(11-9-16)29(22,26)27)20(25)28-13-15-6-4-3-5-7-15/h3-11,14,18H,12-13,21H2,1-2H3,(H2,22,26,27). The van der Waals surface area contributed by atoms with Gasteiger partial charge in [-0.25, -0.2) is 23.3 Å². The van der Waals surface area contributed by atoms with Gasteiger partial charge in [-0.3, -0.25) is 4.79 Å². The third-order valence-corrected chi connectivity index (χ3v) is 5.00. The molecule has 0 heterocycles. The highest BCUT2D eigenvalue weighted by atomic mass is 32.2. The lowest BCUT2D eigenvalue weighted by atomic mass is 10.0. The van der Waals surface area contributed by atoms with Crippen molar-refractivity contribution < 1.29 is 22.7 Å². The smallest absolute Gasteiger partial charge is 0.421 e. The Bertz CT molecular complexity index is 944. The second-order valence-corrected chi connectivity index (χ2v) is 8.55. The van der Waals surface area contributed by atoms with Gasteiger partial charge in [-0.05, 0) is 42.2 Å². The molecule has 0 saturated heterocycles. The van der Waals surface area contributed by atoms with Crippen molar-refractivity contribution in [1.29, 1.82) is 0 Å². The van der Waals surface area contributed by atoms with E-state index in [2.05, 4.69) is 0 Å². The van der Waals surface area contributed by atoms with E-state index in [1.54, 1.807) is 24.3 Å². The van der Waals surface area contributed by atoms with Gasteiger partial charge in [-0.15, -0.1) is 0 Å². The molecule has 4 N–H and O–H groups in total. The van der Waals surface area contributed by atoms with Gasteiger partial charge in [-0.1, -0.05) is 44.2 Å². The summed E-state index contributed by atoms with van der Waals surface area (Å²) in [5.41, 5.74) is 6.88. The van der Waals surface area contributed by atoms with Crippen LogP contribution in [0.15, 0.2) is 59.5 Å². The molecule has 0 aliphatic heterocycles. The quantitative estimate of drug-likeness (QED) is 0.708. The molecular weight excluding hydrogens is 394 g/mol. The van der Waals surface area contributed by atoms with E-state index in [0.717, 1.165) is 10.5 Å². The minimum absolute atomic E-state index is 0.0296. The minimum atomic E-state index is -3.91. The molecule has 2 aromatic rings. The van der Waals surface area contributed by atoms with Crippen LogP contribution >= 0.6 is 0 Å². The number of sulfonamides is 1. The van der Waals surface area contributed by atoms with Gasteiger partial charge in [0.15, 0.2) is 0 Å². The number of hydrogen-bond donors (Lipinski definition) is 2. The molecule has 0 aliphatic rings. The lowest BCUT2D eigenvalue weighted by Gasteiger charge is -2.24. The molecule has 0 radical (unpaired) electrons. The first-order valence-corrected chi connectivity index (χ1v) is 10.6. The van der Waals surface area contributed by atoms with Crippen molar-refractivity contribution in [3.63, 3.8) is 0 Å². The van der Waals surface area contributed by atoms with E-state index >= 15 is 0 Å². The Morgan fingerprint density at radius 2 is 1.62 bits per heavy atom. The van der Waals surface area contributed by atoms with Crippen molar-refractivity contribution >= 4 is 27.7 Å². The number of carbonyl (C=O) groups excluding carboxylic acids is 2. The van der Waals surface area contributed by atoms with Gasteiger partial charge >= 0.3 is 6.09 Å². The first-order valence-electron chi connectivity index (χ1n) is 9.02. The fourth-order valence-electron chi connectivity index (χ4n) is 2.67. The van der Waals surface area contributed by atoms with Crippen molar-refractivity contribution in [3.8, 4) is 0 Å². The van der Waals surface area contributed by atoms with Crippen LogP contribution in [-0.4, -0.2) is 26.5 Å². The molecular formula is C20H25N3O5S. The predicted molar refractivity (Wildman–Crippen MR) is 109 cm³/mol. The summed E-state index contributed by atoms with van der Waals surface area (Å²) >= 11 is 0. The summed E-state index contributed by atoms with van der Waals surface area (Å²) in [7, 11) is -3.91. The van der Waals surface area contributed by atoms with Gasteiger partial charge in [0, 0.05) is 0 Å². The van der Waals surface area contributed by atoms with Crippen LogP contribution in [0.4, 0.5) is 10.5 Å². The van der Waals surface area contributed by atoms with E-state index in [1.807, 2.05) is 19.9 Å². The third-order valence-electron chi connectivity index (χ3n) is 4.07. The van der Waals surface area contributed by atoms with Crippen LogP contribution in [0.1, 0.15) is 25.8 Å². The summed E-state index contributed by atoms with van der Waals surface area (Å²) in [6.07, 6.45) is -0.530. The summed E-state index contributed by atoms with van der Waals surface area (Å²) in [6, 6.07) is 13.1. The molecule has 9 heteroatoms. The highest BCUT2D eigenvalue weighted by Crippen LogP contribution is 2.21. The zero-order valence-electron chi connectivity index (χ0n) is 16.3. The van der Waals surface area contributed by atoms with Crippen molar-refractivity contribution in [2.24, 2.45) is 16.8 Å². The number of nitrogens with two attached hydrogens (primary N) is 2. The molecule has 0 saturated carbocycles. The average molecular weight is 420 g/mol. The topological polar surface area (TPSA) is 133 Å². The van der Waals surface area contributed by atoms with E-state index < -0.39 is 28.1 Å². The highest BCUT2D eigenvalue weighted by Gasteiger charge is 2.30. The molecule has 0 spiro atoms. The maximum Gasteiger partial charge on any atom is 0.421 e. The molecule has 2 aromatic carbocycles. The molecule has 0 bridgehead atoms. The fourth-order valence-corrected chi connectivity index (χ4v) is 3.18. The van der Waals surface area contributed by atoms with Crippen molar-refractivity contribution in [2.75, 3.05) is 4.90 Å². The Morgan fingerprint density at radius 1 is 1.03 bits per heavy atom. The number of imide groups is 1. The number of rotatable bonds is 7. The molecule has 0 aromatic heterocycles. The molecule has 2 amide bonds. The third kappa shape index (κ3) is 6.38. The van der Waals surface area contributed by atoms with Crippen molar-refractivity contribution in [1.82, 2.24) is 0 Å². The Morgan fingerprint density at radius 3 is 2.14 bits per heavy atom. The van der Waals surface area contributed by atoms with Gasteiger partial charge in [-0.2, -0.15) is 0 Å². The molecule has 156 valence electrons. The van der Waals surface area contributed by atoms with Gasteiger partial charge in [0.1, 0.15) is 6.61 Å². The van der Waals surface area contributed by atoms with E-state index in [-0.39, 0.29) is 23.1 Å². The Balaban J connectivity index is 2.29. The second kappa shape index (κ2) is 9.64. The van der Waals surface area contributed by atoms with Gasteiger partial charge in [0.05, 0.1) is 16.6 Å². The number of primary sulfonamides is 1. The van der Waals surface area contributed by atoms with E-state index in [0.29, 0.717) is 6.42 Å². The van der Waals surface area contributed by atoms with Crippen molar-refractivity contribution in [3.05, 3.63) is 60.2 Å². The van der Waals surface area contributed by atoms with Gasteiger partial charge in [0.25, 0.3) is 5.91 Å². The largest absolute Gasteiger partial charge is 0.444 e. The lowest BCUT2D eigenvalue weighted by Crippen LogP contribution is -2.47. The molecule has 1 unspecified atom stereocenters. The van der Waals surface area contributed by atoms with Crippen molar-refractivity contribution in [2.45, 2.75) is 37.8 Å². The Hall–Kier alpha value is -2.75. The summed E-state index contributed by atoms with van der Waals surface area (Å²) in [5, 5.41) is 5.10. The molecule has 8 nitrogen and oxygen atoms in total. The second-order valence-electron chi connectivity index (χ2n) is 6.99. The summed E-state index contributed by atoms with van der Waals surface area (Å²) in [5.74, 6) is -0.499. The number of benzene rings is 2. The Kier molecular flexibility index (Phi) is 7.49. The van der Waals surface area contributed by atoms with E-state index in [9.17, 15) is 18.0 Å². The number of nitrogens with zero attached hydrogens (tertiary/aromatic N) is 1. The number of carbonyl (C=O) groups is 2. The average Bonchev–Trinajstić information content (AvgIpc) is 2.66. The first-order chi connectivity index (χ1) is 13.6. The van der Waals surface area contributed by atoms with Crippen LogP contribution in [0.3, 0.4) is 0 Å². The number of anilines is 1. The highest BCUT2D eigenvalue weighted by molar-refractivity contribution is 7.89. The maximum absolute atomic E-state index is 12.9. The van der Waals surface area contributed by atoms with E-state index in [4.69, 9.17) is 15.6 Å². The van der Waals surface area contributed by atoms with Gasteiger partial charge < -0.3 is 10.5 Å². The van der Waals surface area contributed by atoms with Crippen LogP contribution in [0.2, 0.25) is 0 Å². The zero-order valence-corrected chi connectivity index (χ0v) is 17.1. The Labute approximate surface area is 170 Å². The molecule has 1 atom stereocenters. The van der Waals surface area contributed by atoms with Gasteiger partial charge in [0.2, 0.25) is 10.0 Å². The fraction of sp³-hybridized carbons (Fsp3) is 0.300. The van der Waals surface area contributed by atoms with E-state index in [1.165, 1.54) is 24.3 Å². The SMILES string of the molecule is CC(C)CC(N)C(=O)N(C(=O)OCc1ccccc1)c1ccc(S(N)(=O)=O)cc1. The van der Waals surface area contributed by atoms with Crippen LogP contribution < -0.4 is 15.8 Å². The molecule has 0 aliphatic carbocycles. The first kappa shape index (κ1) is 22.5. The number of amides is 2. The van der Waals surface area contributed by atoms with Crippen LogP contribution in [-0.2, 0) is 26.2 Å². The summed E-state index contributed by atoms with van der Waals surface area (Å²) in [6.45, 7) is 3.79. The van der Waals surface area contributed by atoms with Crippen LogP contribution in [0.25, 0.3) is 0 Å². The maximum atomic E-state index is 12.9. The van der Waals surface area contributed by atoms with Crippen LogP contribution in [0.5, 0.6) is 0 Å².